The fourth-order valence-electron chi connectivity index (χ4n) is 2.28. The van der Waals surface area contributed by atoms with Crippen LogP contribution in [0.1, 0.15) is 6.23 Å². The number of hydrogen-bond donors (Lipinski definition) is 4. The van der Waals surface area contributed by atoms with Crippen LogP contribution in [0, 0.1) is 0 Å². The number of rotatable bonds is 10. The molecule has 0 spiro atoms. The topological polar surface area (TPSA) is 222 Å². The molecule has 1 aromatic rings. The first-order chi connectivity index (χ1) is 14.6. The second-order valence-electron chi connectivity index (χ2n) is 5.87. The zero-order valence-corrected chi connectivity index (χ0v) is 19.4. The van der Waals surface area contributed by atoms with Crippen LogP contribution in [-0.2, 0) is 40.6 Å². The van der Waals surface area contributed by atoms with E-state index in [1.54, 1.807) is 0 Å². The van der Waals surface area contributed by atoms with Crippen LogP contribution >= 0.6 is 35.1 Å². The highest BCUT2D eigenvalue weighted by Crippen LogP contribution is 2.69. The molecule has 0 aromatic carbocycles. The van der Waals surface area contributed by atoms with Gasteiger partial charge in [0, 0.05) is 26.5 Å². The van der Waals surface area contributed by atoms with Crippen LogP contribution in [0.15, 0.2) is 21.9 Å². The van der Waals surface area contributed by atoms with E-state index in [-0.39, 0.29) is 0 Å². The van der Waals surface area contributed by atoms with Gasteiger partial charge in [-0.1, -0.05) is 11.6 Å². The summed E-state index contributed by atoms with van der Waals surface area (Å²) in [5.74, 6) is 0. The van der Waals surface area contributed by atoms with Crippen molar-refractivity contribution in [1.29, 1.82) is 0 Å². The van der Waals surface area contributed by atoms with Gasteiger partial charge in [-0.05, 0) is 0 Å². The molecule has 0 radical (unpaired) electrons. The number of aliphatic hydroxyl groups is 1. The molecule has 16 nitrogen and oxygen atoms in total. The second-order valence-corrected chi connectivity index (χ2v) is 11.5. The lowest BCUT2D eigenvalue weighted by Gasteiger charge is -2.22. The van der Waals surface area contributed by atoms with Gasteiger partial charge in [0.05, 0.1) is 6.61 Å². The molecule has 2 heterocycles. The van der Waals surface area contributed by atoms with E-state index in [9.17, 15) is 37.7 Å². The van der Waals surface area contributed by atoms with E-state index < -0.39 is 64.9 Å². The first kappa shape index (κ1) is 27.5. The average molecular weight is 549 g/mol. The van der Waals surface area contributed by atoms with Gasteiger partial charge >= 0.3 is 29.2 Å². The van der Waals surface area contributed by atoms with E-state index in [4.69, 9.17) is 21.2 Å². The highest BCUT2D eigenvalue weighted by Gasteiger charge is 2.58. The molecule has 1 aliphatic rings. The normalized spacial score (nSPS) is 31.5. The summed E-state index contributed by atoms with van der Waals surface area (Å²) < 4.78 is 76.7. The summed E-state index contributed by atoms with van der Waals surface area (Å²) >= 11 is 5.62. The Morgan fingerprint density at radius 2 is 1.81 bits per heavy atom. The lowest BCUT2D eigenvalue weighted by atomic mass is 10.1. The number of H-pyrrole nitrogens is 1. The summed E-state index contributed by atoms with van der Waals surface area (Å²) in [5, 5.41) is 6.89. The van der Waals surface area contributed by atoms with Crippen LogP contribution in [0.25, 0.3) is 0 Å². The number of phosphoric acid groups is 3. The first-order valence-corrected chi connectivity index (χ1v) is 12.9. The number of aromatic nitrogens is 2. The van der Waals surface area contributed by atoms with Gasteiger partial charge in [-0.2, -0.15) is 8.62 Å². The van der Waals surface area contributed by atoms with Crippen LogP contribution in [0.2, 0.25) is 0 Å². The van der Waals surface area contributed by atoms with Gasteiger partial charge in [0.2, 0.25) is 0 Å². The molecule has 1 saturated heterocycles. The fourth-order valence-corrected chi connectivity index (χ4v) is 6.31. The van der Waals surface area contributed by atoms with Gasteiger partial charge in [0.25, 0.3) is 10.7 Å². The molecule has 0 aliphatic carbocycles. The number of ether oxygens (including phenoxy) is 1. The number of hydrogen-bond acceptors (Lipinski definition) is 12. The van der Waals surface area contributed by atoms with E-state index in [1.807, 2.05) is 4.98 Å². The SMILES string of the molecule is COP(=O)(O)OP(=O)(OC)OP(=O)(O)OC[C@H]1O[C@@H](n2ccc(=O)[nH]c2=O)[C@](F)(Cl)[C@@H]1O. The Morgan fingerprint density at radius 3 is 2.34 bits per heavy atom. The van der Waals surface area contributed by atoms with E-state index in [0.29, 0.717) is 18.8 Å². The molecule has 0 bridgehead atoms. The molecule has 184 valence electrons. The quantitative estimate of drug-likeness (QED) is 0.229. The minimum Gasteiger partial charge on any atom is -0.385 e. The van der Waals surface area contributed by atoms with E-state index >= 15 is 0 Å². The van der Waals surface area contributed by atoms with Gasteiger partial charge in [-0.3, -0.25) is 27.9 Å². The minimum absolute atomic E-state index is 0.503. The van der Waals surface area contributed by atoms with Crippen LogP contribution in [0.5, 0.6) is 0 Å². The van der Waals surface area contributed by atoms with E-state index in [0.717, 1.165) is 12.3 Å². The monoisotopic (exact) mass is 548 g/mol. The number of aromatic amines is 1. The third-order valence-electron chi connectivity index (χ3n) is 3.75. The fraction of sp³-hybridized carbons (Fsp3) is 0.636. The van der Waals surface area contributed by atoms with Gasteiger partial charge in [-0.25, -0.2) is 22.9 Å². The molecule has 7 atom stereocenters. The Balaban J connectivity index is 2.14. The zero-order chi connectivity index (χ0) is 24.5. The Hall–Kier alpha value is -0.770. The molecule has 0 saturated carbocycles. The number of nitrogens with zero attached hydrogens (tertiary/aromatic N) is 1. The molecular formula is C11H17ClFN2O14P3. The Morgan fingerprint density at radius 1 is 1.22 bits per heavy atom. The predicted molar refractivity (Wildman–Crippen MR) is 100 cm³/mol. The predicted octanol–water partition coefficient (Wildman–Crippen LogP) is 0.351. The molecule has 3 unspecified atom stereocenters. The van der Waals surface area contributed by atoms with Crippen molar-refractivity contribution in [2.24, 2.45) is 0 Å². The van der Waals surface area contributed by atoms with Gasteiger partial charge in [-0.15, -0.1) is 0 Å². The number of phosphoric ester groups is 2. The summed E-state index contributed by atoms with van der Waals surface area (Å²) in [6.45, 7) is -1.13. The molecule has 1 fully saturated rings. The minimum atomic E-state index is -5.43. The van der Waals surface area contributed by atoms with Gasteiger partial charge in [0.1, 0.15) is 12.2 Å². The van der Waals surface area contributed by atoms with Crippen molar-refractivity contribution in [1.82, 2.24) is 9.55 Å². The molecule has 32 heavy (non-hydrogen) atoms. The molecule has 0 amide bonds. The van der Waals surface area contributed by atoms with Crippen molar-refractivity contribution in [3.63, 3.8) is 0 Å². The third kappa shape index (κ3) is 6.42. The maximum absolute atomic E-state index is 14.8. The maximum Gasteiger partial charge on any atom is 0.492 e. The van der Waals surface area contributed by atoms with Gasteiger partial charge < -0.3 is 19.6 Å². The van der Waals surface area contributed by atoms with Crippen LogP contribution in [0.3, 0.4) is 0 Å². The number of halogens is 2. The van der Waals surface area contributed by atoms with Crippen LogP contribution in [0.4, 0.5) is 4.39 Å². The Labute approximate surface area is 182 Å². The molecule has 2 rings (SSSR count). The van der Waals surface area contributed by atoms with Gasteiger partial charge in [0.15, 0.2) is 6.23 Å². The molecule has 1 aliphatic heterocycles. The summed E-state index contributed by atoms with van der Waals surface area (Å²) in [4.78, 5) is 43.7. The lowest BCUT2D eigenvalue weighted by molar-refractivity contribution is -0.0510. The van der Waals surface area contributed by atoms with Crippen molar-refractivity contribution in [2.45, 2.75) is 23.6 Å². The molecule has 4 N–H and O–H groups in total. The molecule has 21 heteroatoms. The average Bonchev–Trinajstić information content (AvgIpc) is 2.89. The summed E-state index contributed by atoms with van der Waals surface area (Å²) in [7, 11) is -14.3. The summed E-state index contributed by atoms with van der Waals surface area (Å²) in [6.07, 6.45) is -5.22. The summed E-state index contributed by atoms with van der Waals surface area (Å²) in [5.41, 5.74) is -1.95. The van der Waals surface area contributed by atoms with E-state index in [1.165, 1.54) is 0 Å². The second kappa shape index (κ2) is 9.84. The van der Waals surface area contributed by atoms with Crippen molar-refractivity contribution in [3.05, 3.63) is 33.1 Å². The zero-order valence-electron chi connectivity index (χ0n) is 16.0. The van der Waals surface area contributed by atoms with Crippen molar-refractivity contribution in [3.8, 4) is 0 Å². The Kier molecular flexibility index (Phi) is 8.45. The summed E-state index contributed by atoms with van der Waals surface area (Å²) in [6, 6.07) is 0.839. The molecule has 1 aromatic heterocycles. The smallest absolute Gasteiger partial charge is 0.385 e. The van der Waals surface area contributed by atoms with E-state index in [2.05, 4.69) is 22.2 Å². The Bertz CT molecular complexity index is 1090. The molecular weight excluding hydrogens is 531 g/mol. The first-order valence-electron chi connectivity index (χ1n) is 8.03. The standard InChI is InChI=1S/C11H17ClFN2O14P3/c1-24-30(19,20)28-32(23,25-2)29-31(21,22)26-5-6-8(17)11(12,13)9(27-6)15-4-3-7(16)14-10(15)18/h3-4,6,8-9,17H,5H2,1-2H3,(H,19,20)(H,21,22)(H,14,16,18)/t6-,8-,9-,11+,32?/m1/s1. The number of nitrogens with one attached hydrogen (secondary N) is 1. The largest absolute Gasteiger partial charge is 0.492 e. The van der Waals surface area contributed by atoms with Crippen LogP contribution in [-0.4, -0.2) is 62.6 Å². The van der Waals surface area contributed by atoms with Crippen LogP contribution < -0.4 is 11.2 Å². The van der Waals surface area contributed by atoms with Crippen molar-refractivity contribution >= 4 is 35.1 Å². The van der Waals surface area contributed by atoms with Crippen molar-refractivity contribution < 1.29 is 59.9 Å². The third-order valence-corrected chi connectivity index (χ3v) is 8.79. The lowest BCUT2D eigenvalue weighted by Crippen LogP contribution is -2.42. The highest BCUT2D eigenvalue weighted by molar-refractivity contribution is 7.67. The number of alkyl halides is 2. The van der Waals surface area contributed by atoms with Crippen molar-refractivity contribution in [2.75, 3.05) is 20.8 Å². The highest BCUT2D eigenvalue weighted by atomic mass is 35.5. The number of aliphatic hydroxyl groups excluding tert-OH is 1. The maximum atomic E-state index is 14.8.